The summed E-state index contributed by atoms with van der Waals surface area (Å²) in [5.74, 6) is -0.460. The molecule has 0 saturated carbocycles. The number of nitrogens with zero attached hydrogens (tertiary/aromatic N) is 5. The van der Waals surface area contributed by atoms with Gasteiger partial charge in [0.25, 0.3) is 0 Å². The molecular weight excluding hydrogens is 414 g/mol. The molecule has 1 fully saturated rings. The van der Waals surface area contributed by atoms with Crippen molar-refractivity contribution in [2.75, 3.05) is 39.3 Å². The van der Waals surface area contributed by atoms with Gasteiger partial charge in [0.15, 0.2) is 5.69 Å². The van der Waals surface area contributed by atoms with Crippen LogP contribution in [0.1, 0.15) is 52.4 Å². The van der Waals surface area contributed by atoms with Gasteiger partial charge < -0.3 is 14.8 Å². The van der Waals surface area contributed by atoms with E-state index in [1.54, 1.807) is 29.2 Å². The summed E-state index contributed by atoms with van der Waals surface area (Å²) in [6.45, 7) is 7.96. The van der Waals surface area contributed by atoms with Crippen LogP contribution in [0.25, 0.3) is 0 Å². The zero-order chi connectivity index (χ0) is 22.8. The van der Waals surface area contributed by atoms with Crippen LogP contribution in [-0.2, 0) is 11.3 Å². The van der Waals surface area contributed by atoms with Crippen molar-refractivity contribution in [1.82, 2.24) is 19.6 Å². The average Bonchev–Trinajstić information content (AvgIpc) is 3.13. The van der Waals surface area contributed by atoms with Crippen molar-refractivity contribution in [3.05, 3.63) is 52.0 Å². The molecule has 1 aliphatic carbocycles. The molecule has 0 radical (unpaired) electrons. The molecular formula is C22H27N5O5. The first-order valence-corrected chi connectivity index (χ1v) is 10.9. The molecule has 2 aromatic rings. The van der Waals surface area contributed by atoms with E-state index in [-0.39, 0.29) is 35.4 Å². The Labute approximate surface area is 185 Å². The van der Waals surface area contributed by atoms with Crippen LogP contribution in [0, 0.1) is 11.1 Å². The smallest absolute Gasteiger partial charge is 0.409 e. The largest absolute Gasteiger partial charge is 0.571 e. The van der Waals surface area contributed by atoms with E-state index < -0.39 is 5.78 Å². The van der Waals surface area contributed by atoms with Crippen molar-refractivity contribution in [3.63, 3.8) is 0 Å². The van der Waals surface area contributed by atoms with Gasteiger partial charge in [0.05, 0.1) is 13.2 Å². The minimum atomic E-state index is -0.404. The molecule has 1 amide bonds. The van der Waals surface area contributed by atoms with E-state index in [9.17, 15) is 19.6 Å². The molecule has 2 aliphatic rings. The van der Waals surface area contributed by atoms with Crippen molar-refractivity contribution in [1.29, 1.82) is 0 Å². The van der Waals surface area contributed by atoms with Crippen molar-refractivity contribution in [2.24, 2.45) is 5.92 Å². The molecule has 4 rings (SSSR count). The Morgan fingerprint density at radius 3 is 2.41 bits per heavy atom. The normalized spacial score (nSPS) is 16.3. The van der Waals surface area contributed by atoms with Crippen LogP contribution in [-0.4, -0.2) is 76.6 Å². The lowest BCUT2D eigenvalue weighted by Crippen LogP contribution is -2.49. The van der Waals surface area contributed by atoms with Gasteiger partial charge in [-0.2, -0.15) is 0 Å². The summed E-state index contributed by atoms with van der Waals surface area (Å²) in [5, 5.41) is 16.1. The molecule has 2 heterocycles. The molecule has 10 nitrogen and oxygen atoms in total. The van der Waals surface area contributed by atoms with Crippen molar-refractivity contribution in [2.45, 2.75) is 26.8 Å². The van der Waals surface area contributed by atoms with E-state index in [1.165, 1.54) is 4.68 Å². The van der Waals surface area contributed by atoms with E-state index in [4.69, 9.17) is 4.74 Å². The van der Waals surface area contributed by atoms with Gasteiger partial charge in [0.2, 0.25) is 17.3 Å². The van der Waals surface area contributed by atoms with Crippen molar-refractivity contribution in [3.8, 4) is 0 Å². The fraction of sp³-hybridized carbons (Fsp3) is 0.500. The summed E-state index contributed by atoms with van der Waals surface area (Å²) in [7, 11) is 0. The third kappa shape index (κ3) is 4.22. The van der Waals surface area contributed by atoms with Crippen LogP contribution in [0.3, 0.4) is 0 Å². The lowest BCUT2D eigenvalue weighted by molar-refractivity contribution is -0.749. The Bertz CT molecular complexity index is 1040. The highest BCUT2D eigenvalue weighted by Gasteiger charge is 2.39. The number of amides is 1. The molecule has 0 bridgehead atoms. The summed E-state index contributed by atoms with van der Waals surface area (Å²) in [4.78, 5) is 41.9. The average molecular weight is 441 g/mol. The third-order valence-corrected chi connectivity index (χ3v) is 5.74. The predicted octanol–water partition coefficient (Wildman–Crippen LogP) is 1.09. The van der Waals surface area contributed by atoms with Crippen molar-refractivity contribution >= 4 is 17.7 Å². The van der Waals surface area contributed by atoms with Gasteiger partial charge in [-0.1, -0.05) is 38.1 Å². The second kappa shape index (κ2) is 9.07. The second-order valence-corrected chi connectivity index (χ2v) is 8.53. The van der Waals surface area contributed by atoms with Crippen LogP contribution >= 0.6 is 0 Å². The molecule has 1 saturated heterocycles. The number of carbonyl (C=O) groups is 3. The summed E-state index contributed by atoms with van der Waals surface area (Å²) in [5.41, 5.74) is 0.547. The molecule has 0 N–H and O–H groups in total. The quantitative estimate of drug-likeness (QED) is 0.416. The first-order chi connectivity index (χ1) is 15.4. The zero-order valence-corrected chi connectivity index (χ0v) is 18.3. The predicted molar refractivity (Wildman–Crippen MR) is 113 cm³/mol. The van der Waals surface area contributed by atoms with Crippen LogP contribution < -0.4 is 4.96 Å². The standard InChI is InChI=1S/C22H27N5O5/c1-15(2)14-32-22(30)25-12-10-24(11-13-25)8-5-9-26-19-18(23-27(26)31)20(28)16-6-3-4-7-17(16)21(19)29/h3-4,6-7,15H,5,8-14H2,1-2H3. The van der Waals surface area contributed by atoms with Crippen LogP contribution in [0.15, 0.2) is 24.3 Å². The SMILES string of the molecule is CC(C)COC(=O)N1CCN(CCCn2c3c(n[n+]2[O-])C(=O)c2ccccc2C3=O)CC1. The van der Waals surface area contributed by atoms with Gasteiger partial charge in [-0.3, -0.25) is 14.5 Å². The topological polar surface area (TPSA) is 112 Å². The third-order valence-electron chi connectivity index (χ3n) is 5.74. The number of aromatic nitrogens is 3. The first-order valence-electron chi connectivity index (χ1n) is 10.9. The van der Waals surface area contributed by atoms with E-state index in [2.05, 4.69) is 10.00 Å². The lowest BCUT2D eigenvalue weighted by atomic mass is 9.90. The lowest BCUT2D eigenvalue weighted by Gasteiger charge is -2.34. The number of ether oxygens (including phenoxy) is 1. The second-order valence-electron chi connectivity index (χ2n) is 8.53. The highest BCUT2D eigenvalue weighted by atomic mass is 16.6. The number of rotatable bonds is 6. The number of hydrogen-bond acceptors (Lipinski definition) is 7. The molecule has 10 heteroatoms. The number of ketones is 2. The van der Waals surface area contributed by atoms with E-state index >= 15 is 0 Å². The summed E-state index contributed by atoms with van der Waals surface area (Å²) in [6, 6.07) is 6.54. The van der Waals surface area contributed by atoms with E-state index in [0.29, 0.717) is 62.2 Å². The van der Waals surface area contributed by atoms with E-state index in [0.717, 1.165) is 0 Å². The molecule has 32 heavy (non-hydrogen) atoms. The molecule has 0 unspecified atom stereocenters. The monoisotopic (exact) mass is 441 g/mol. The highest BCUT2D eigenvalue weighted by molar-refractivity contribution is 6.26. The fourth-order valence-corrected chi connectivity index (χ4v) is 4.03. The van der Waals surface area contributed by atoms with Gasteiger partial charge in [0, 0.05) is 53.9 Å². The van der Waals surface area contributed by atoms with Crippen LogP contribution in [0.4, 0.5) is 4.79 Å². The summed E-state index contributed by atoms with van der Waals surface area (Å²) < 4.78 is 6.52. The van der Waals surface area contributed by atoms with Gasteiger partial charge in [-0.05, 0) is 12.3 Å². The summed E-state index contributed by atoms with van der Waals surface area (Å²) >= 11 is 0. The maximum Gasteiger partial charge on any atom is 0.409 e. The highest BCUT2D eigenvalue weighted by Crippen LogP contribution is 2.25. The number of piperazine rings is 1. The van der Waals surface area contributed by atoms with Gasteiger partial charge in [-0.25, -0.2) is 4.79 Å². The van der Waals surface area contributed by atoms with Gasteiger partial charge in [-0.15, -0.1) is 4.68 Å². The molecule has 170 valence electrons. The molecule has 0 spiro atoms. The number of benzene rings is 1. The molecule has 1 aliphatic heterocycles. The Balaban J connectivity index is 1.34. The number of hydrogen-bond donors (Lipinski definition) is 0. The molecule has 1 aromatic carbocycles. The Hall–Kier alpha value is -3.27. The van der Waals surface area contributed by atoms with E-state index in [1.807, 2.05) is 13.8 Å². The number of carbonyl (C=O) groups excluding carboxylic acids is 3. The maximum absolute atomic E-state index is 12.9. The number of fused-ring (bicyclic) bond motifs is 2. The van der Waals surface area contributed by atoms with Crippen LogP contribution in [0.2, 0.25) is 0 Å². The summed E-state index contributed by atoms with van der Waals surface area (Å²) in [6.07, 6.45) is 0.325. The first kappa shape index (κ1) is 21.9. The Kier molecular flexibility index (Phi) is 6.22. The maximum atomic E-state index is 12.9. The minimum absolute atomic E-state index is 0.0569. The Morgan fingerprint density at radius 2 is 1.75 bits per heavy atom. The van der Waals surface area contributed by atoms with Crippen LogP contribution in [0.5, 0.6) is 0 Å². The molecule has 0 atom stereocenters. The van der Waals surface area contributed by atoms with Gasteiger partial charge in [0.1, 0.15) is 0 Å². The van der Waals surface area contributed by atoms with Gasteiger partial charge >= 0.3 is 6.09 Å². The fourth-order valence-electron chi connectivity index (χ4n) is 4.03. The minimum Gasteiger partial charge on any atom is -0.571 e. The van der Waals surface area contributed by atoms with Crippen molar-refractivity contribution < 1.29 is 24.1 Å². The Morgan fingerprint density at radius 1 is 1.09 bits per heavy atom. The molecule has 1 aromatic heterocycles. The zero-order valence-electron chi connectivity index (χ0n) is 18.3.